The molecule has 7 heteroatoms. The molecule has 1 aromatic rings. The average molecular weight is 254 g/mol. The molecule has 1 aromatic heterocycles. The first-order valence-electron chi connectivity index (χ1n) is 5.79. The van der Waals surface area contributed by atoms with Gasteiger partial charge in [0.05, 0.1) is 10.5 Å². The zero-order valence-corrected chi connectivity index (χ0v) is 10.5. The third-order valence-electron chi connectivity index (χ3n) is 2.99. The first kappa shape index (κ1) is 14.2. The molecule has 0 aliphatic carbocycles. The highest BCUT2D eigenvalue weighted by Crippen LogP contribution is 2.24. The van der Waals surface area contributed by atoms with E-state index in [1.54, 1.807) is 0 Å². The number of nitrogen functional groups attached to an aromatic ring is 1. The first-order chi connectivity index (χ1) is 8.41. The van der Waals surface area contributed by atoms with Crippen LogP contribution >= 0.6 is 0 Å². The molecule has 1 rings (SSSR count). The highest BCUT2D eigenvalue weighted by molar-refractivity contribution is 5.59. The van der Waals surface area contributed by atoms with Crippen molar-refractivity contribution in [1.82, 2.24) is 4.98 Å². The molecule has 100 valence electrons. The van der Waals surface area contributed by atoms with Crippen LogP contribution in [0.2, 0.25) is 0 Å². The lowest BCUT2D eigenvalue weighted by molar-refractivity contribution is -0.384. The van der Waals surface area contributed by atoms with Gasteiger partial charge in [-0.25, -0.2) is 4.98 Å². The molecule has 0 saturated carbocycles. The van der Waals surface area contributed by atoms with Crippen LogP contribution < -0.4 is 11.1 Å². The Morgan fingerprint density at radius 3 is 2.61 bits per heavy atom. The van der Waals surface area contributed by atoms with Crippen LogP contribution in [-0.2, 0) is 0 Å². The summed E-state index contributed by atoms with van der Waals surface area (Å²) in [4.78, 5) is 14.2. The molecule has 0 aliphatic rings. The van der Waals surface area contributed by atoms with E-state index in [1.165, 1.54) is 12.1 Å². The van der Waals surface area contributed by atoms with Crippen molar-refractivity contribution < 1.29 is 10.0 Å². The first-order valence-corrected chi connectivity index (χ1v) is 5.79. The number of nitrogens with zero attached hydrogens (tertiary/aromatic N) is 2. The standard InChI is InChI=1S/C11H18N4O3/c1-3-11(16,4-2)7-13-10-8(15(17)18)5-6-9(12)14-10/h5-6,16H,3-4,7H2,1-2H3,(H3,12,13,14). The fraction of sp³-hybridized carbons (Fsp3) is 0.545. The van der Waals surface area contributed by atoms with Crippen LogP contribution in [0.1, 0.15) is 26.7 Å². The summed E-state index contributed by atoms with van der Waals surface area (Å²) in [6.45, 7) is 3.90. The van der Waals surface area contributed by atoms with E-state index in [0.717, 1.165) is 0 Å². The fourth-order valence-corrected chi connectivity index (χ4v) is 1.49. The van der Waals surface area contributed by atoms with E-state index < -0.39 is 10.5 Å². The third-order valence-corrected chi connectivity index (χ3v) is 2.99. The van der Waals surface area contributed by atoms with Gasteiger partial charge in [0.25, 0.3) is 0 Å². The quantitative estimate of drug-likeness (QED) is 0.524. The lowest BCUT2D eigenvalue weighted by Gasteiger charge is -2.25. The van der Waals surface area contributed by atoms with Crippen LogP contribution in [-0.4, -0.2) is 27.2 Å². The molecule has 0 saturated heterocycles. The van der Waals surface area contributed by atoms with Gasteiger partial charge < -0.3 is 16.2 Å². The van der Waals surface area contributed by atoms with Gasteiger partial charge >= 0.3 is 5.69 Å². The molecule has 0 radical (unpaired) electrons. The Morgan fingerprint density at radius 1 is 1.50 bits per heavy atom. The van der Waals surface area contributed by atoms with Crippen molar-refractivity contribution in [3.8, 4) is 0 Å². The lowest BCUT2D eigenvalue weighted by Crippen LogP contribution is -2.35. The van der Waals surface area contributed by atoms with E-state index >= 15 is 0 Å². The summed E-state index contributed by atoms with van der Waals surface area (Å²) >= 11 is 0. The molecule has 0 fully saturated rings. The normalized spacial score (nSPS) is 11.3. The Hall–Kier alpha value is -1.89. The van der Waals surface area contributed by atoms with E-state index in [4.69, 9.17) is 5.73 Å². The van der Waals surface area contributed by atoms with Crippen LogP contribution in [0.4, 0.5) is 17.3 Å². The Balaban J connectivity index is 2.90. The second kappa shape index (κ2) is 5.63. The molecule has 0 amide bonds. The summed E-state index contributed by atoms with van der Waals surface area (Å²) in [6.07, 6.45) is 1.10. The van der Waals surface area contributed by atoms with E-state index in [-0.39, 0.29) is 23.9 Å². The summed E-state index contributed by atoms with van der Waals surface area (Å²) in [5.74, 6) is 0.278. The summed E-state index contributed by atoms with van der Waals surface area (Å²) in [6, 6.07) is 2.66. The van der Waals surface area contributed by atoms with Crippen LogP contribution in [0.15, 0.2) is 12.1 Å². The molecule has 18 heavy (non-hydrogen) atoms. The highest BCUT2D eigenvalue weighted by atomic mass is 16.6. The minimum absolute atomic E-state index is 0.0836. The Labute approximate surface area is 105 Å². The number of nitro groups is 1. The second-order valence-electron chi connectivity index (χ2n) is 4.15. The second-order valence-corrected chi connectivity index (χ2v) is 4.15. The number of hydrogen-bond acceptors (Lipinski definition) is 6. The van der Waals surface area contributed by atoms with Crippen LogP contribution in [0.3, 0.4) is 0 Å². The minimum Gasteiger partial charge on any atom is -0.388 e. The van der Waals surface area contributed by atoms with Gasteiger partial charge in [0.1, 0.15) is 5.82 Å². The number of rotatable bonds is 6. The lowest BCUT2D eigenvalue weighted by atomic mass is 9.98. The maximum Gasteiger partial charge on any atom is 0.311 e. The van der Waals surface area contributed by atoms with Gasteiger partial charge in [-0.05, 0) is 18.9 Å². The van der Waals surface area contributed by atoms with Crippen molar-refractivity contribution in [3.05, 3.63) is 22.2 Å². The molecule has 0 spiro atoms. The smallest absolute Gasteiger partial charge is 0.311 e. The van der Waals surface area contributed by atoms with Gasteiger partial charge in [-0.15, -0.1) is 0 Å². The predicted molar refractivity (Wildman–Crippen MR) is 69.3 cm³/mol. The topological polar surface area (TPSA) is 114 Å². The molecule has 1 heterocycles. The van der Waals surface area contributed by atoms with E-state index in [1.807, 2.05) is 13.8 Å². The number of anilines is 2. The number of aromatic nitrogens is 1. The maximum absolute atomic E-state index is 10.8. The Bertz CT molecular complexity index is 432. The maximum atomic E-state index is 10.8. The molecule has 0 aromatic carbocycles. The van der Waals surface area contributed by atoms with E-state index in [0.29, 0.717) is 12.8 Å². The van der Waals surface area contributed by atoms with Crippen molar-refractivity contribution in [2.75, 3.05) is 17.6 Å². The van der Waals surface area contributed by atoms with Gasteiger partial charge in [0.15, 0.2) is 0 Å². The fourth-order valence-electron chi connectivity index (χ4n) is 1.49. The summed E-state index contributed by atoms with van der Waals surface area (Å²) in [5, 5.41) is 23.7. The van der Waals surface area contributed by atoms with Crippen LogP contribution in [0.25, 0.3) is 0 Å². The van der Waals surface area contributed by atoms with Crippen molar-refractivity contribution in [2.45, 2.75) is 32.3 Å². The molecule has 0 atom stereocenters. The molecule has 0 unspecified atom stereocenters. The molecule has 0 aliphatic heterocycles. The summed E-state index contributed by atoms with van der Waals surface area (Å²) < 4.78 is 0. The minimum atomic E-state index is -0.903. The molecule has 7 nitrogen and oxygen atoms in total. The van der Waals surface area contributed by atoms with Crippen molar-refractivity contribution in [2.24, 2.45) is 0 Å². The molecule has 4 N–H and O–H groups in total. The third kappa shape index (κ3) is 3.30. The van der Waals surface area contributed by atoms with Gasteiger partial charge in [0, 0.05) is 12.6 Å². The zero-order chi connectivity index (χ0) is 13.8. The van der Waals surface area contributed by atoms with Crippen molar-refractivity contribution >= 4 is 17.3 Å². The van der Waals surface area contributed by atoms with Crippen LogP contribution in [0, 0.1) is 10.1 Å². The van der Waals surface area contributed by atoms with Gasteiger partial charge in [0.2, 0.25) is 5.82 Å². The number of nitrogens with one attached hydrogen (secondary N) is 1. The number of hydrogen-bond donors (Lipinski definition) is 3. The summed E-state index contributed by atoms with van der Waals surface area (Å²) in [7, 11) is 0. The average Bonchev–Trinajstić information content (AvgIpc) is 2.35. The van der Waals surface area contributed by atoms with E-state index in [2.05, 4.69) is 10.3 Å². The van der Waals surface area contributed by atoms with Gasteiger partial charge in [-0.1, -0.05) is 13.8 Å². The monoisotopic (exact) mass is 254 g/mol. The van der Waals surface area contributed by atoms with Crippen molar-refractivity contribution in [3.63, 3.8) is 0 Å². The highest BCUT2D eigenvalue weighted by Gasteiger charge is 2.24. The van der Waals surface area contributed by atoms with Gasteiger partial charge in [-0.3, -0.25) is 10.1 Å². The van der Waals surface area contributed by atoms with E-state index in [9.17, 15) is 15.2 Å². The number of nitrogens with two attached hydrogens (primary N) is 1. The SMILES string of the molecule is CCC(O)(CC)CNc1nc(N)ccc1[N+](=O)[O-]. The van der Waals surface area contributed by atoms with Crippen molar-refractivity contribution in [1.29, 1.82) is 0 Å². The Kier molecular flexibility index (Phi) is 4.43. The summed E-state index contributed by atoms with van der Waals surface area (Å²) in [5.41, 5.74) is 4.44. The number of aliphatic hydroxyl groups is 1. The van der Waals surface area contributed by atoms with Crippen LogP contribution in [0.5, 0.6) is 0 Å². The molecular weight excluding hydrogens is 236 g/mol. The zero-order valence-electron chi connectivity index (χ0n) is 10.5. The number of pyridine rings is 1. The molecular formula is C11H18N4O3. The predicted octanol–water partition coefficient (Wildman–Crippen LogP) is 1.53. The Morgan fingerprint density at radius 2 is 2.11 bits per heavy atom. The largest absolute Gasteiger partial charge is 0.388 e. The molecule has 0 bridgehead atoms. The van der Waals surface area contributed by atoms with Gasteiger partial charge in [-0.2, -0.15) is 0 Å².